The van der Waals surface area contributed by atoms with Gasteiger partial charge in [0, 0.05) is 29.7 Å². The summed E-state index contributed by atoms with van der Waals surface area (Å²) in [6, 6.07) is 7.30. The van der Waals surface area contributed by atoms with Crippen molar-refractivity contribution in [2.24, 2.45) is 5.10 Å². The van der Waals surface area contributed by atoms with Gasteiger partial charge in [0.05, 0.1) is 34.6 Å². The van der Waals surface area contributed by atoms with Gasteiger partial charge in [-0.2, -0.15) is 10.4 Å². The molecule has 2 aromatic rings. The summed E-state index contributed by atoms with van der Waals surface area (Å²) in [6.45, 7) is 4.06. The molecule has 0 bridgehead atoms. The predicted octanol–water partition coefficient (Wildman–Crippen LogP) is 2.42. The molecule has 0 radical (unpaired) electrons. The molecule has 0 atom stereocenters. The monoisotopic (exact) mass is 367 g/mol. The number of nitrogens with zero attached hydrogens (tertiary/aromatic N) is 4. The fourth-order valence-corrected chi connectivity index (χ4v) is 2.95. The van der Waals surface area contributed by atoms with Gasteiger partial charge in [0.2, 0.25) is 5.78 Å². The molecular weight excluding hydrogens is 350 g/mol. The van der Waals surface area contributed by atoms with E-state index in [0.717, 1.165) is 11.8 Å². The molecule has 27 heavy (non-hydrogen) atoms. The molecular formula is C18H17N5O4. The van der Waals surface area contributed by atoms with Crippen LogP contribution < -0.4 is 5.73 Å². The van der Waals surface area contributed by atoms with Crippen molar-refractivity contribution in [3.05, 3.63) is 56.8 Å². The van der Waals surface area contributed by atoms with Crippen molar-refractivity contribution < 1.29 is 14.5 Å². The van der Waals surface area contributed by atoms with Crippen LogP contribution in [0, 0.1) is 21.4 Å². The molecule has 0 saturated carbocycles. The Hall–Kier alpha value is -3.51. The van der Waals surface area contributed by atoms with Gasteiger partial charge in [-0.25, -0.2) is 4.68 Å². The number of hydrogen-bond acceptors (Lipinski definition) is 7. The number of ether oxygens (including phenoxy) is 1. The summed E-state index contributed by atoms with van der Waals surface area (Å²) in [5, 5.41) is 24.2. The molecule has 3 rings (SSSR count). The van der Waals surface area contributed by atoms with Crippen molar-refractivity contribution >= 4 is 23.5 Å². The lowest BCUT2D eigenvalue weighted by Gasteiger charge is -2.30. The number of nitriles is 1. The second-order valence-electron chi connectivity index (χ2n) is 6.75. The molecule has 2 heterocycles. The number of non-ortho nitro benzene ring substituents is 1. The van der Waals surface area contributed by atoms with Gasteiger partial charge < -0.3 is 10.5 Å². The number of hydrogen-bond donors (Lipinski definition) is 1. The molecule has 9 nitrogen and oxygen atoms in total. The number of nitro benzene ring substituents is 1. The Balaban J connectivity index is 1.92. The molecule has 0 amide bonds. The summed E-state index contributed by atoms with van der Waals surface area (Å²) in [4.78, 5) is 22.4. The van der Waals surface area contributed by atoms with Gasteiger partial charge in [0.15, 0.2) is 0 Å². The maximum Gasteiger partial charge on any atom is 0.269 e. The molecule has 0 unspecified atom stereocenters. The predicted molar refractivity (Wildman–Crippen MR) is 97.4 cm³/mol. The molecule has 0 fully saturated rings. The van der Waals surface area contributed by atoms with Crippen LogP contribution in [-0.2, 0) is 17.8 Å². The van der Waals surface area contributed by atoms with E-state index in [1.54, 1.807) is 0 Å². The van der Waals surface area contributed by atoms with Gasteiger partial charge in [0.25, 0.3) is 5.69 Å². The number of nitro groups is 1. The maximum absolute atomic E-state index is 12.3. The minimum absolute atomic E-state index is 0.106. The lowest BCUT2D eigenvalue weighted by molar-refractivity contribution is -0.384. The highest BCUT2D eigenvalue weighted by molar-refractivity contribution is 6.35. The first-order valence-electron chi connectivity index (χ1n) is 8.12. The summed E-state index contributed by atoms with van der Waals surface area (Å²) in [6.07, 6.45) is 1.58. The number of fused-ring (bicyclic) bond motifs is 1. The van der Waals surface area contributed by atoms with Crippen LogP contribution in [0.5, 0.6) is 0 Å². The first-order valence-corrected chi connectivity index (χ1v) is 8.12. The van der Waals surface area contributed by atoms with E-state index < -0.39 is 16.3 Å². The summed E-state index contributed by atoms with van der Waals surface area (Å²) < 4.78 is 7.10. The van der Waals surface area contributed by atoms with E-state index in [1.807, 2.05) is 13.8 Å². The Morgan fingerprint density at radius 2 is 2.11 bits per heavy atom. The summed E-state index contributed by atoms with van der Waals surface area (Å²) >= 11 is 0. The van der Waals surface area contributed by atoms with Crippen LogP contribution in [0.2, 0.25) is 0 Å². The molecule has 1 aromatic carbocycles. The van der Waals surface area contributed by atoms with E-state index in [4.69, 9.17) is 10.5 Å². The van der Waals surface area contributed by atoms with E-state index in [1.165, 1.54) is 28.9 Å². The second-order valence-corrected chi connectivity index (χ2v) is 6.75. The fourth-order valence-electron chi connectivity index (χ4n) is 2.95. The highest BCUT2D eigenvalue weighted by Crippen LogP contribution is 2.34. The number of aromatic nitrogens is 1. The topological polar surface area (TPSA) is 137 Å². The van der Waals surface area contributed by atoms with E-state index >= 15 is 0 Å². The van der Waals surface area contributed by atoms with Crippen LogP contribution in [0.25, 0.3) is 0 Å². The highest BCUT2D eigenvalue weighted by atomic mass is 16.6. The van der Waals surface area contributed by atoms with Crippen LogP contribution in [-0.4, -0.2) is 27.2 Å². The Kier molecular flexibility index (Phi) is 4.51. The van der Waals surface area contributed by atoms with Gasteiger partial charge in [-0.1, -0.05) is 0 Å². The summed E-state index contributed by atoms with van der Waals surface area (Å²) in [5.41, 5.74) is 7.51. The van der Waals surface area contributed by atoms with Crippen molar-refractivity contribution in [2.75, 3.05) is 5.73 Å². The minimum Gasteiger partial charge on any atom is -0.383 e. The largest absolute Gasteiger partial charge is 0.383 e. The SMILES string of the molecule is CC1(C)Cc2c(C#N)c(N)n(/N=C/C(=O)c3ccc([N+](=O)[O-])cc3)c2CO1. The zero-order chi connectivity index (χ0) is 19.8. The van der Waals surface area contributed by atoms with Gasteiger partial charge in [0.1, 0.15) is 11.9 Å². The number of benzene rings is 1. The van der Waals surface area contributed by atoms with Crippen molar-refractivity contribution in [3.63, 3.8) is 0 Å². The number of anilines is 1. The molecule has 1 aromatic heterocycles. The van der Waals surface area contributed by atoms with Crippen molar-refractivity contribution in [3.8, 4) is 6.07 Å². The zero-order valence-corrected chi connectivity index (χ0v) is 14.8. The maximum atomic E-state index is 12.3. The fraction of sp³-hybridized carbons (Fsp3) is 0.278. The molecule has 0 saturated heterocycles. The summed E-state index contributed by atoms with van der Waals surface area (Å²) in [7, 11) is 0. The lowest BCUT2D eigenvalue weighted by atomic mass is 9.93. The lowest BCUT2D eigenvalue weighted by Crippen LogP contribution is -2.32. The third-order valence-corrected chi connectivity index (χ3v) is 4.36. The first kappa shape index (κ1) is 18.3. The molecule has 1 aliphatic heterocycles. The first-order chi connectivity index (χ1) is 12.7. The van der Waals surface area contributed by atoms with E-state index in [-0.39, 0.29) is 23.7 Å². The van der Waals surface area contributed by atoms with Gasteiger partial charge in [-0.3, -0.25) is 14.9 Å². The van der Waals surface area contributed by atoms with Crippen LogP contribution in [0.4, 0.5) is 11.5 Å². The summed E-state index contributed by atoms with van der Waals surface area (Å²) in [5.74, 6) is -0.293. The Morgan fingerprint density at radius 3 is 2.70 bits per heavy atom. The number of Topliss-reactive ketones (excluding diaryl/α,β-unsaturated/α-hetero) is 1. The van der Waals surface area contributed by atoms with Gasteiger partial charge in [-0.05, 0) is 26.0 Å². The van der Waals surface area contributed by atoms with E-state index in [9.17, 15) is 20.2 Å². The highest BCUT2D eigenvalue weighted by Gasteiger charge is 2.33. The molecule has 0 spiro atoms. The van der Waals surface area contributed by atoms with Crippen molar-refractivity contribution in [1.82, 2.24) is 4.68 Å². The van der Waals surface area contributed by atoms with Crippen LogP contribution >= 0.6 is 0 Å². The molecule has 0 aliphatic carbocycles. The quantitative estimate of drug-likeness (QED) is 0.381. The molecule has 2 N–H and O–H groups in total. The van der Waals surface area contributed by atoms with Crippen LogP contribution in [0.3, 0.4) is 0 Å². The smallest absolute Gasteiger partial charge is 0.269 e. The molecule has 138 valence electrons. The zero-order valence-electron chi connectivity index (χ0n) is 14.8. The number of carbonyl (C=O) groups excluding carboxylic acids is 1. The third-order valence-electron chi connectivity index (χ3n) is 4.36. The van der Waals surface area contributed by atoms with Gasteiger partial charge >= 0.3 is 0 Å². The molecule has 1 aliphatic rings. The Labute approximate surface area is 154 Å². The van der Waals surface area contributed by atoms with Crippen molar-refractivity contribution in [2.45, 2.75) is 32.5 Å². The Bertz CT molecular complexity index is 996. The normalized spacial score (nSPS) is 15.3. The average Bonchev–Trinajstić information content (AvgIpc) is 2.88. The van der Waals surface area contributed by atoms with E-state index in [2.05, 4.69) is 11.2 Å². The van der Waals surface area contributed by atoms with E-state index in [0.29, 0.717) is 17.7 Å². The number of ketones is 1. The number of carbonyl (C=O) groups is 1. The second kappa shape index (κ2) is 6.66. The minimum atomic E-state index is -0.542. The van der Waals surface area contributed by atoms with Crippen LogP contribution in [0.15, 0.2) is 29.4 Å². The average molecular weight is 367 g/mol. The Morgan fingerprint density at radius 1 is 1.44 bits per heavy atom. The van der Waals surface area contributed by atoms with Crippen molar-refractivity contribution in [1.29, 1.82) is 5.26 Å². The standard InChI is InChI=1S/C18H17N5O4/c1-18(2)7-13-14(8-19)17(20)22(15(13)10-27-18)21-9-16(24)11-3-5-12(6-4-11)23(25)26/h3-6,9H,7,10,20H2,1-2H3/b21-9+. The number of rotatable bonds is 4. The van der Waals surface area contributed by atoms with Gasteiger partial charge in [-0.15, -0.1) is 0 Å². The number of nitrogen functional groups attached to an aromatic ring is 1. The number of nitrogens with two attached hydrogens (primary N) is 1. The van der Waals surface area contributed by atoms with Crippen LogP contribution in [0.1, 0.15) is 41.0 Å². The third kappa shape index (κ3) is 3.43. The molecule has 9 heteroatoms.